The molecule has 0 aromatic carbocycles. The Morgan fingerprint density at radius 1 is 1.38 bits per heavy atom. The van der Waals surface area contributed by atoms with Crippen LogP contribution in [-0.2, 0) is 10.2 Å². The summed E-state index contributed by atoms with van der Waals surface area (Å²) in [6.45, 7) is 5.68. The van der Waals surface area contributed by atoms with Crippen molar-refractivity contribution in [2.75, 3.05) is 13.1 Å². The molecule has 0 bridgehead atoms. The first-order valence-corrected chi connectivity index (χ1v) is 8.86. The lowest BCUT2D eigenvalue weighted by Crippen LogP contribution is -2.41. The minimum absolute atomic E-state index is 0.00767. The van der Waals surface area contributed by atoms with Gasteiger partial charge in [0.1, 0.15) is 0 Å². The normalized spacial score (nSPS) is 18.4. The number of amides is 1. The lowest BCUT2D eigenvalue weighted by atomic mass is 9.71. The van der Waals surface area contributed by atoms with Crippen molar-refractivity contribution in [1.82, 2.24) is 5.32 Å². The van der Waals surface area contributed by atoms with Crippen LogP contribution < -0.4 is 11.1 Å². The molecule has 3 nitrogen and oxygen atoms in total. The molecule has 4 heteroatoms. The number of carbonyl (C=O) groups excluding carboxylic acids is 1. The zero-order valence-electron chi connectivity index (χ0n) is 13.3. The van der Waals surface area contributed by atoms with Crippen LogP contribution >= 0.6 is 11.3 Å². The standard InChI is InChI=1S/C17H28N2OS/c1-16(2,14-7-6-10-21-14)13-19-15(20)11-17(12-18)8-4-3-5-9-17/h6-7,10H,3-5,8-9,11-13,18H2,1-2H3,(H,19,20). The summed E-state index contributed by atoms with van der Waals surface area (Å²) in [4.78, 5) is 13.6. The smallest absolute Gasteiger partial charge is 0.220 e. The van der Waals surface area contributed by atoms with Gasteiger partial charge in [0.15, 0.2) is 0 Å². The van der Waals surface area contributed by atoms with Gasteiger partial charge in [0.05, 0.1) is 0 Å². The Hall–Kier alpha value is -0.870. The quantitative estimate of drug-likeness (QED) is 0.846. The second-order valence-corrected chi connectivity index (χ2v) is 8.03. The molecule has 21 heavy (non-hydrogen) atoms. The second-order valence-electron chi connectivity index (χ2n) is 7.08. The van der Waals surface area contributed by atoms with E-state index in [0.29, 0.717) is 19.5 Å². The average molecular weight is 308 g/mol. The Morgan fingerprint density at radius 2 is 2.10 bits per heavy atom. The molecule has 1 heterocycles. The second kappa shape index (κ2) is 6.93. The number of hydrogen-bond acceptors (Lipinski definition) is 3. The number of carbonyl (C=O) groups is 1. The molecule has 118 valence electrons. The van der Waals surface area contributed by atoms with Gasteiger partial charge in [-0.2, -0.15) is 0 Å². The van der Waals surface area contributed by atoms with Crippen molar-refractivity contribution in [1.29, 1.82) is 0 Å². The fourth-order valence-corrected chi connectivity index (χ4v) is 4.08. The maximum absolute atomic E-state index is 12.3. The highest BCUT2D eigenvalue weighted by Crippen LogP contribution is 2.38. The molecule has 0 spiro atoms. The highest BCUT2D eigenvalue weighted by atomic mass is 32.1. The van der Waals surface area contributed by atoms with Crippen molar-refractivity contribution < 1.29 is 4.79 Å². The molecule has 0 unspecified atom stereocenters. The Labute approximate surface area is 132 Å². The third kappa shape index (κ3) is 4.30. The molecule has 3 N–H and O–H groups in total. The summed E-state index contributed by atoms with van der Waals surface area (Å²) in [5, 5.41) is 5.22. The van der Waals surface area contributed by atoms with E-state index >= 15 is 0 Å². The lowest BCUT2D eigenvalue weighted by molar-refractivity contribution is -0.124. The van der Waals surface area contributed by atoms with E-state index < -0.39 is 0 Å². The average Bonchev–Trinajstić information content (AvgIpc) is 3.01. The third-order valence-corrected chi connectivity index (χ3v) is 6.03. The van der Waals surface area contributed by atoms with E-state index in [-0.39, 0.29) is 16.7 Å². The fourth-order valence-electron chi connectivity index (χ4n) is 3.23. The van der Waals surface area contributed by atoms with Gasteiger partial charge in [0.2, 0.25) is 5.91 Å². The molecule has 2 rings (SSSR count). The van der Waals surface area contributed by atoms with Crippen LogP contribution in [0.15, 0.2) is 17.5 Å². The summed E-state index contributed by atoms with van der Waals surface area (Å²) in [5.74, 6) is 0.159. The zero-order valence-corrected chi connectivity index (χ0v) is 14.1. The summed E-state index contributed by atoms with van der Waals surface area (Å²) in [5.41, 5.74) is 6.01. The Kier molecular flexibility index (Phi) is 5.44. The van der Waals surface area contributed by atoms with Crippen molar-refractivity contribution in [3.63, 3.8) is 0 Å². The maximum Gasteiger partial charge on any atom is 0.220 e. The van der Waals surface area contributed by atoms with E-state index in [1.807, 2.05) is 0 Å². The molecule has 1 fully saturated rings. The van der Waals surface area contributed by atoms with E-state index in [9.17, 15) is 4.79 Å². The highest BCUT2D eigenvalue weighted by Gasteiger charge is 2.33. The van der Waals surface area contributed by atoms with Crippen LogP contribution in [0.4, 0.5) is 0 Å². The first kappa shape index (κ1) is 16.5. The minimum atomic E-state index is -0.00767. The van der Waals surface area contributed by atoms with Crippen LogP contribution in [-0.4, -0.2) is 19.0 Å². The molecule has 1 aromatic rings. The van der Waals surface area contributed by atoms with Gasteiger partial charge >= 0.3 is 0 Å². The number of nitrogens with one attached hydrogen (secondary N) is 1. The summed E-state index contributed by atoms with van der Waals surface area (Å²) in [7, 11) is 0. The molecule has 1 aliphatic rings. The van der Waals surface area contributed by atoms with E-state index in [1.54, 1.807) is 11.3 Å². The van der Waals surface area contributed by atoms with Gasteiger partial charge in [-0.15, -0.1) is 11.3 Å². The van der Waals surface area contributed by atoms with Crippen LogP contribution in [0.2, 0.25) is 0 Å². The Morgan fingerprint density at radius 3 is 2.67 bits per heavy atom. The van der Waals surface area contributed by atoms with Crippen LogP contribution in [0.1, 0.15) is 57.2 Å². The van der Waals surface area contributed by atoms with Gasteiger partial charge in [-0.25, -0.2) is 0 Å². The minimum Gasteiger partial charge on any atom is -0.355 e. The first-order valence-electron chi connectivity index (χ1n) is 7.98. The van der Waals surface area contributed by atoms with Gasteiger partial charge in [-0.1, -0.05) is 39.2 Å². The highest BCUT2D eigenvalue weighted by molar-refractivity contribution is 7.10. The van der Waals surface area contributed by atoms with Gasteiger partial charge in [-0.05, 0) is 36.2 Å². The molecule has 0 atom stereocenters. The molecule has 0 aliphatic heterocycles. The monoisotopic (exact) mass is 308 g/mol. The van der Waals surface area contributed by atoms with E-state index in [4.69, 9.17) is 5.73 Å². The van der Waals surface area contributed by atoms with Crippen LogP contribution in [0.25, 0.3) is 0 Å². The lowest BCUT2D eigenvalue weighted by Gasteiger charge is -2.36. The van der Waals surface area contributed by atoms with Crippen LogP contribution in [0.5, 0.6) is 0 Å². The number of hydrogen-bond donors (Lipinski definition) is 2. The fraction of sp³-hybridized carbons (Fsp3) is 0.706. The van der Waals surface area contributed by atoms with Crippen molar-refractivity contribution in [3.8, 4) is 0 Å². The molecule has 1 amide bonds. The van der Waals surface area contributed by atoms with Crippen molar-refractivity contribution in [3.05, 3.63) is 22.4 Å². The van der Waals surface area contributed by atoms with Crippen molar-refractivity contribution >= 4 is 17.2 Å². The predicted molar refractivity (Wildman–Crippen MR) is 89.5 cm³/mol. The number of nitrogens with two attached hydrogens (primary N) is 1. The molecular weight excluding hydrogens is 280 g/mol. The Bertz CT molecular complexity index is 447. The molecule has 0 saturated heterocycles. The molecule has 0 radical (unpaired) electrons. The zero-order chi connectivity index (χ0) is 15.3. The summed E-state index contributed by atoms with van der Waals surface area (Å²) in [6, 6.07) is 4.20. The van der Waals surface area contributed by atoms with Gasteiger partial charge < -0.3 is 11.1 Å². The van der Waals surface area contributed by atoms with Crippen LogP contribution in [0, 0.1) is 5.41 Å². The third-order valence-electron chi connectivity index (χ3n) is 4.80. The SMILES string of the molecule is CC(C)(CNC(=O)CC1(CN)CCCCC1)c1cccs1. The summed E-state index contributed by atoms with van der Waals surface area (Å²) in [6.07, 6.45) is 6.51. The van der Waals surface area contributed by atoms with E-state index in [1.165, 1.54) is 24.1 Å². The molecule has 1 aliphatic carbocycles. The topological polar surface area (TPSA) is 55.1 Å². The van der Waals surface area contributed by atoms with Gasteiger partial charge in [0, 0.05) is 23.3 Å². The number of rotatable bonds is 6. The van der Waals surface area contributed by atoms with Crippen molar-refractivity contribution in [2.24, 2.45) is 11.1 Å². The Balaban J connectivity index is 1.87. The molecular formula is C17H28N2OS. The summed E-state index contributed by atoms with van der Waals surface area (Å²) < 4.78 is 0. The van der Waals surface area contributed by atoms with E-state index in [0.717, 1.165) is 12.8 Å². The summed E-state index contributed by atoms with van der Waals surface area (Å²) >= 11 is 1.75. The first-order chi connectivity index (χ1) is 9.97. The predicted octanol–water partition coefficient (Wildman–Crippen LogP) is 3.44. The van der Waals surface area contributed by atoms with Gasteiger partial charge in [-0.3, -0.25) is 4.79 Å². The van der Waals surface area contributed by atoms with E-state index in [2.05, 4.69) is 36.7 Å². The molecule has 1 aromatic heterocycles. The van der Waals surface area contributed by atoms with Crippen LogP contribution in [0.3, 0.4) is 0 Å². The largest absolute Gasteiger partial charge is 0.355 e. The number of thiophene rings is 1. The van der Waals surface area contributed by atoms with Crippen molar-refractivity contribution in [2.45, 2.75) is 57.8 Å². The van der Waals surface area contributed by atoms with Gasteiger partial charge in [0.25, 0.3) is 0 Å². The molecule has 1 saturated carbocycles. The maximum atomic E-state index is 12.3.